The van der Waals surface area contributed by atoms with Crippen molar-refractivity contribution in [2.24, 2.45) is 0 Å². The second kappa shape index (κ2) is 1.97. The number of hydrogen-bond acceptors (Lipinski definition) is 2. The van der Waals surface area contributed by atoms with Crippen LogP contribution in [0.2, 0.25) is 0 Å². The van der Waals surface area contributed by atoms with Crippen LogP contribution in [-0.2, 0) is 4.79 Å². The van der Waals surface area contributed by atoms with Crippen LogP contribution in [0.15, 0.2) is 24.4 Å². The molecule has 2 aliphatic heterocycles. The lowest BCUT2D eigenvalue weighted by molar-refractivity contribution is -0.118. The van der Waals surface area contributed by atoms with Gasteiger partial charge in [-0.2, -0.15) is 0 Å². The normalized spacial score (nSPS) is 29.4. The van der Waals surface area contributed by atoms with Gasteiger partial charge in [0.1, 0.15) is 6.04 Å². The highest BCUT2D eigenvalue weighted by atomic mass is 16.1. The zero-order valence-corrected chi connectivity index (χ0v) is 5.66. The zero-order valence-electron chi connectivity index (χ0n) is 5.66. The number of ketones is 1. The molecule has 0 aromatic heterocycles. The van der Waals surface area contributed by atoms with Gasteiger partial charge < -0.3 is 4.90 Å². The molecule has 0 aromatic carbocycles. The number of allylic oxidation sites excluding steroid dienone is 2. The summed E-state index contributed by atoms with van der Waals surface area (Å²) in [5, 5.41) is 0. The predicted molar refractivity (Wildman–Crippen MR) is 38.4 cm³/mol. The Morgan fingerprint density at radius 1 is 1.50 bits per heavy atom. The molecule has 0 bridgehead atoms. The van der Waals surface area contributed by atoms with Gasteiger partial charge in [0.05, 0.1) is 0 Å². The Balaban J connectivity index is 2.27. The zero-order chi connectivity index (χ0) is 6.97. The summed E-state index contributed by atoms with van der Waals surface area (Å²) in [5.74, 6) is 0.348. The Morgan fingerprint density at radius 2 is 2.40 bits per heavy atom. The summed E-state index contributed by atoms with van der Waals surface area (Å²) in [6.45, 7) is 0.893. The Hall–Kier alpha value is -1.05. The summed E-state index contributed by atoms with van der Waals surface area (Å²) in [6, 6.07) is 0.0602. The quantitative estimate of drug-likeness (QED) is 0.487. The second-order valence-corrected chi connectivity index (χ2v) is 2.63. The van der Waals surface area contributed by atoms with E-state index in [-0.39, 0.29) is 6.04 Å². The molecule has 1 fully saturated rings. The van der Waals surface area contributed by atoms with Crippen LogP contribution in [0.25, 0.3) is 0 Å². The molecule has 2 heteroatoms. The lowest BCUT2D eigenvalue weighted by Crippen LogP contribution is -2.27. The number of carbonyl (C=O) groups excluding carboxylic acids is 1. The highest BCUT2D eigenvalue weighted by Crippen LogP contribution is 2.17. The SMILES string of the molecule is O=C1CCN2C=CC=CC12. The lowest BCUT2D eigenvalue weighted by Gasteiger charge is -2.19. The van der Waals surface area contributed by atoms with Crippen LogP contribution >= 0.6 is 0 Å². The maximum absolute atomic E-state index is 11.1. The fourth-order valence-corrected chi connectivity index (χ4v) is 1.43. The van der Waals surface area contributed by atoms with Crippen molar-refractivity contribution in [3.05, 3.63) is 24.4 Å². The molecule has 0 N–H and O–H groups in total. The predicted octanol–water partition coefficient (Wildman–Crippen LogP) is 0.713. The molecule has 2 rings (SSSR count). The minimum absolute atomic E-state index is 0.0602. The van der Waals surface area contributed by atoms with E-state index in [0.29, 0.717) is 12.2 Å². The number of nitrogens with zero attached hydrogens (tertiary/aromatic N) is 1. The molecule has 52 valence electrons. The van der Waals surface area contributed by atoms with Gasteiger partial charge in [0, 0.05) is 19.2 Å². The minimum atomic E-state index is 0.0602. The van der Waals surface area contributed by atoms with Gasteiger partial charge in [-0.3, -0.25) is 4.79 Å². The van der Waals surface area contributed by atoms with E-state index in [1.165, 1.54) is 0 Å². The van der Waals surface area contributed by atoms with E-state index in [4.69, 9.17) is 0 Å². The van der Waals surface area contributed by atoms with Gasteiger partial charge in [0.25, 0.3) is 0 Å². The molecule has 0 radical (unpaired) electrons. The van der Waals surface area contributed by atoms with Crippen LogP contribution in [-0.4, -0.2) is 23.3 Å². The molecule has 0 aliphatic carbocycles. The number of fused-ring (bicyclic) bond motifs is 1. The standard InChI is InChI=1S/C8H9NO/c10-8-4-6-9-5-2-1-3-7(8)9/h1-3,5,7H,4,6H2. The van der Waals surface area contributed by atoms with E-state index in [2.05, 4.69) is 4.90 Å². The van der Waals surface area contributed by atoms with Crippen LogP contribution in [0.1, 0.15) is 6.42 Å². The Morgan fingerprint density at radius 3 is 3.20 bits per heavy atom. The third-order valence-electron chi connectivity index (χ3n) is 1.99. The Bertz CT molecular complexity index is 217. The maximum Gasteiger partial charge on any atom is 0.160 e. The van der Waals surface area contributed by atoms with E-state index in [1.807, 2.05) is 24.4 Å². The Labute approximate surface area is 59.8 Å². The van der Waals surface area contributed by atoms with Gasteiger partial charge in [-0.25, -0.2) is 0 Å². The number of carbonyl (C=O) groups is 1. The summed E-state index contributed by atoms with van der Waals surface area (Å²) in [4.78, 5) is 13.2. The fourth-order valence-electron chi connectivity index (χ4n) is 1.43. The first kappa shape index (κ1) is 5.71. The summed E-state index contributed by atoms with van der Waals surface area (Å²) >= 11 is 0. The van der Waals surface area contributed by atoms with Crippen LogP contribution in [0.5, 0.6) is 0 Å². The van der Waals surface area contributed by atoms with Crippen molar-refractivity contribution in [1.82, 2.24) is 4.90 Å². The van der Waals surface area contributed by atoms with Crippen LogP contribution in [0.3, 0.4) is 0 Å². The molecule has 2 heterocycles. The van der Waals surface area contributed by atoms with Gasteiger partial charge in [-0.1, -0.05) is 12.2 Å². The van der Waals surface area contributed by atoms with Crippen LogP contribution in [0, 0.1) is 0 Å². The smallest absolute Gasteiger partial charge is 0.160 e. The fraction of sp³-hybridized carbons (Fsp3) is 0.375. The average molecular weight is 135 g/mol. The summed E-state index contributed by atoms with van der Waals surface area (Å²) in [7, 11) is 0. The van der Waals surface area contributed by atoms with Crippen molar-refractivity contribution in [3.63, 3.8) is 0 Å². The van der Waals surface area contributed by atoms with Crippen molar-refractivity contribution in [3.8, 4) is 0 Å². The molecule has 1 saturated heterocycles. The number of hydrogen-bond donors (Lipinski definition) is 0. The highest BCUT2D eigenvalue weighted by molar-refractivity contribution is 5.88. The average Bonchev–Trinajstić information content (AvgIpc) is 2.34. The van der Waals surface area contributed by atoms with Crippen molar-refractivity contribution in [1.29, 1.82) is 0 Å². The van der Waals surface area contributed by atoms with E-state index in [0.717, 1.165) is 6.54 Å². The van der Waals surface area contributed by atoms with E-state index >= 15 is 0 Å². The topological polar surface area (TPSA) is 20.3 Å². The molecule has 1 atom stereocenters. The molecular formula is C8H9NO. The molecule has 1 unspecified atom stereocenters. The van der Waals surface area contributed by atoms with Crippen molar-refractivity contribution < 1.29 is 4.79 Å². The molecule has 0 spiro atoms. The van der Waals surface area contributed by atoms with Crippen LogP contribution < -0.4 is 0 Å². The largest absolute Gasteiger partial charge is 0.364 e. The first-order chi connectivity index (χ1) is 4.88. The van der Waals surface area contributed by atoms with E-state index < -0.39 is 0 Å². The van der Waals surface area contributed by atoms with E-state index in [9.17, 15) is 4.79 Å². The van der Waals surface area contributed by atoms with Gasteiger partial charge in [0.15, 0.2) is 5.78 Å². The lowest BCUT2D eigenvalue weighted by atomic mass is 10.1. The first-order valence-corrected chi connectivity index (χ1v) is 3.51. The number of rotatable bonds is 0. The summed E-state index contributed by atoms with van der Waals surface area (Å²) < 4.78 is 0. The second-order valence-electron chi connectivity index (χ2n) is 2.63. The Kier molecular flexibility index (Phi) is 1.13. The van der Waals surface area contributed by atoms with Gasteiger partial charge in [-0.15, -0.1) is 0 Å². The van der Waals surface area contributed by atoms with Crippen molar-refractivity contribution >= 4 is 5.78 Å². The summed E-state index contributed by atoms with van der Waals surface area (Å²) in [6.07, 6.45) is 8.55. The third-order valence-corrected chi connectivity index (χ3v) is 1.99. The van der Waals surface area contributed by atoms with E-state index in [1.54, 1.807) is 0 Å². The number of Topliss-reactive ketones (excluding diaryl/α,β-unsaturated/α-hetero) is 1. The third kappa shape index (κ3) is 0.685. The van der Waals surface area contributed by atoms with Gasteiger partial charge in [0.2, 0.25) is 0 Å². The summed E-state index contributed by atoms with van der Waals surface area (Å²) in [5.41, 5.74) is 0. The minimum Gasteiger partial charge on any atom is -0.364 e. The van der Waals surface area contributed by atoms with Gasteiger partial charge >= 0.3 is 0 Å². The first-order valence-electron chi connectivity index (χ1n) is 3.51. The molecule has 10 heavy (non-hydrogen) atoms. The maximum atomic E-state index is 11.1. The molecule has 0 amide bonds. The highest BCUT2D eigenvalue weighted by Gasteiger charge is 2.28. The molecule has 2 aliphatic rings. The molecule has 2 nitrogen and oxygen atoms in total. The molecule has 0 aromatic rings. The van der Waals surface area contributed by atoms with Crippen molar-refractivity contribution in [2.75, 3.05) is 6.54 Å². The van der Waals surface area contributed by atoms with Crippen LogP contribution in [0.4, 0.5) is 0 Å². The molecule has 0 saturated carbocycles. The van der Waals surface area contributed by atoms with Gasteiger partial charge in [-0.05, 0) is 6.08 Å². The van der Waals surface area contributed by atoms with Crippen molar-refractivity contribution in [2.45, 2.75) is 12.5 Å². The monoisotopic (exact) mass is 135 g/mol. The molecular weight excluding hydrogens is 126 g/mol.